The minimum atomic E-state index is -0.0107. The third-order valence-electron chi connectivity index (χ3n) is 4.37. The molecule has 0 bridgehead atoms. The van der Waals surface area contributed by atoms with Crippen LogP contribution >= 0.6 is 31.9 Å². The number of carbonyl (C=O) groups excluding carboxylic acids is 1. The molecule has 22 heavy (non-hydrogen) atoms. The second-order valence-electron chi connectivity index (χ2n) is 5.65. The molecule has 6 heteroatoms. The van der Waals surface area contributed by atoms with Crippen LogP contribution in [0.25, 0.3) is 10.9 Å². The highest BCUT2D eigenvalue weighted by Crippen LogP contribution is 2.30. The number of carbonyl (C=O) groups is 1. The van der Waals surface area contributed by atoms with Crippen molar-refractivity contribution in [3.8, 4) is 0 Å². The molecule has 0 spiro atoms. The van der Waals surface area contributed by atoms with Gasteiger partial charge in [-0.15, -0.1) is 0 Å². The lowest BCUT2D eigenvalue weighted by atomic mass is 10.1. The molecule has 1 saturated heterocycles. The van der Waals surface area contributed by atoms with Crippen LogP contribution in [0.2, 0.25) is 0 Å². The van der Waals surface area contributed by atoms with Crippen LogP contribution in [0.1, 0.15) is 30.1 Å². The van der Waals surface area contributed by atoms with E-state index in [0.717, 1.165) is 39.5 Å². The Balaban J connectivity index is 1.74. The molecule has 1 aliphatic heterocycles. The van der Waals surface area contributed by atoms with E-state index >= 15 is 0 Å². The molecule has 1 aliphatic rings. The highest BCUT2D eigenvalue weighted by molar-refractivity contribution is 9.13. The van der Waals surface area contributed by atoms with E-state index in [9.17, 15) is 4.79 Å². The van der Waals surface area contributed by atoms with Crippen molar-refractivity contribution in [2.24, 2.45) is 0 Å². The first-order chi connectivity index (χ1) is 10.6. The third-order valence-corrected chi connectivity index (χ3v) is 6.21. The highest BCUT2D eigenvalue weighted by atomic mass is 79.9. The summed E-state index contributed by atoms with van der Waals surface area (Å²) in [7, 11) is 0. The largest absolute Gasteiger partial charge is 0.360 e. The first-order valence-corrected chi connectivity index (χ1v) is 9.17. The number of aromatic amines is 1. The molecule has 0 saturated carbocycles. The van der Waals surface area contributed by atoms with Crippen molar-refractivity contribution in [1.29, 1.82) is 0 Å². The van der Waals surface area contributed by atoms with Gasteiger partial charge in [-0.05, 0) is 69.9 Å². The van der Waals surface area contributed by atoms with Crippen LogP contribution in [-0.4, -0.2) is 41.5 Å². The van der Waals surface area contributed by atoms with E-state index in [-0.39, 0.29) is 5.91 Å². The normalized spacial score (nSPS) is 19.0. The highest BCUT2D eigenvalue weighted by Gasteiger charge is 2.23. The third kappa shape index (κ3) is 3.09. The number of hydrogen-bond donors (Lipinski definition) is 2. The molecule has 1 fully saturated rings. The van der Waals surface area contributed by atoms with Crippen LogP contribution in [0, 0.1) is 0 Å². The Morgan fingerprint density at radius 3 is 2.95 bits per heavy atom. The second-order valence-corrected chi connectivity index (χ2v) is 7.36. The minimum Gasteiger partial charge on any atom is -0.360 e. The number of fused-ring (bicyclic) bond motifs is 1. The monoisotopic (exact) mass is 427 g/mol. The van der Waals surface area contributed by atoms with E-state index < -0.39 is 0 Å². The number of rotatable bonds is 4. The van der Waals surface area contributed by atoms with Crippen molar-refractivity contribution in [1.82, 2.24) is 15.2 Å². The molecule has 1 aromatic heterocycles. The molecule has 0 radical (unpaired) electrons. The number of nitrogens with zero attached hydrogens (tertiary/aromatic N) is 1. The lowest BCUT2D eigenvalue weighted by Gasteiger charge is -2.22. The quantitative estimate of drug-likeness (QED) is 0.775. The smallest absolute Gasteiger partial charge is 0.253 e. The molecule has 4 nitrogen and oxygen atoms in total. The maximum Gasteiger partial charge on any atom is 0.253 e. The van der Waals surface area contributed by atoms with Gasteiger partial charge in [-0.1, -0.05) is 6.92 Å². The number of aromatic nitrogens is 1. The Bertz CT molecular complexity index is 698. The number of H-pyrrole nitrogens is 1. The van der Waals surface area contributed by atoms with Gasteiger partial charge in [-0.3, -0.25) is 9.69 Å². The number of nitrogens with one attached hydrogen (secondary N) is 2. The number of likely N-dealkylation sites (N-methyl/N-ethyl adjacent to an activating group) is 1. The Morgan fingerprint density at radius 1 is 1.41 bits per heavy atom. The van der Waals surface area contributed by atoms with Crippen LogP contribution < -0.4 is 5.32 Å². The van der Waals surface area contributed by atoms with Gasteiger partial charge in [-0.25, -0.2) is 0 Å². The van der Waals surface area contributed by atoms with Crippen molar-refractivity contribution in [2.45, 2.75) is 25.8 Å². The van der Waals surface area contributed by atoms with E-state index in [2.05, 4.69) is 54.0 Å². The van der Waals surface area contributed by atoms with Gasteiger partial charge in [0.15, 0.2) is 0 Å². The fourth-order valence-electron chi connectivity index (χ4n) is 3.15. The average molecular weight is 429 g/mol. The molecule has 1 aromatic carbocycles. The lowest BCUT2D eigenvalue weighted by molar-refractivity contribution is 0.0943. The molecule has 2 aromatic rings. The average Bonchev–Trinajstić information content (AvgIpc) is 3.11. The molecular weight excluding hydrogens is 410 g/mol. The topological polar surface area (TPSA) is 48.1 Å². The molecule has 1 atom stereocenters. The van der Waals surface area contributed by atoms with Crippen molar-refractivity contribution >= 4 is 48.7 Å². The Hall–Kier alpha value is -0.850. The van der Waals surface area contributed by atoms with Gasteiger partial charge in [0.05, 0.1) is 5.56 Å². The SMILES string of the molecule is CCN1CCCC1CNC(=O)c1c[nH]c2cc(Br)c(Br)cc12. The van der Waals surface area contributed by atoms with E-state index in [4.69, 9.17) is 0 Å². The summed E-state index contributed by atoms with van der Waals surface area (Å²) in [6.07, 6.45) is 4.17. The van der Waals surface area contributed by atoms with Crippen LogP contribution in [-0.2, 0) is 0 Å². The van der Waals surface area contributed by atoms with E-state index in [0.29, 0.717) is 11.6 Å². The summed E-state index contributed by atoms with van der Waals surface area (Å²) in [5, 5.41) is 4.03. The minimum absolute atomic E-state index is 0.0107. The van der Waals surface area contributed by atoms with Gasteiger partial charge in [0, 0.05) is 38.6 Å². The van der Waals surface area contributed by atoms with Crippen molar-refractivity contribution in [3.63, 3.8) is 0 Å². The summed E-state index contributed by atoms with van der Waals surface area (Å²) in [5.74, 6) is -0.0107. The number of hydrogen-bond acceptors (Lipinski definition) is 2. The van der Waals surface area contributed by atoms with Gasteiger partial charge >= 0.3 is 0 Å². The molecule has 0 aliphatic carbocycles. The summed E-state index contributed by atoms with van der Waals surface area (Å²) >= 11 is 6.97. The number of likely N-dealkylation sites (tertiary alicyclic amines) is 1. The summed E-state index contributed by atoms with van der Waals surface area (Å²) in [5.41, 5.74) is 1.65. The second kappa shape index (κ2) is 6.72. The molecule has 1 unspecified atom stereocenters. The standard InChI is InChI=1S/C16H19Br2N3O/c1-2-21-5-3-4-10(21)8-20-16(22)12-9-19-15-7-14(18)13(17)6-11(12)15/h6-7,9-10,19H,2-5,8H2,1H3,(H,20,22). The summed E-state index contributed by atoms with van der Waals surface area (Å²) in [6.45, 7) is 5.09. The lowest BCUT2D eigenvalue weighted by Crippen LogP contribution is -2.39. The Morgan fingerprint density at radius 2 is 2.18 bits per heavy atom. The molecule has 2 N–H and O–H groups in total. The summed E-state index contributed by atoms with van der Waals surface area (Å²) in [6, 6.07) is 4.42. The number of amides is 1. The van der Waals surface area contributed by atoms with Gasteiger partial charge in [0.2, 0.25) is 0 Å². The van der Waals surface area contributed by atoms with Crippen molar-refractivity contribution in [2.75, 3.05) is 19.6 Å². The Labute approximate surface area is 146 Å². The van der Waals surface area contributed by atoms with Crippen molar-refractivity contribution in [3.05, 3.63) is 32.8 Å². The van der Waals surface area contributed by atoms with Crippen LogP contribution in [0.4, 0.5) is 0 Å². The molecule has 2 heterocycles. The maximum atomic E-state index is 12.5. The Kier molecular flexibility index (Phi) is 4.90. The predicted molar refractivity (Wildman–Crippen MR) is 96.3 cm³/mol. The van der Waals surface area contributed by atoms with Crippen molar-refractivity contribution < 1.29 is 4.79 Å². The molecule has 118 valence electrons. The van der Waals surface area contributed by atoms with Gasteiger partial charge in [0.25, 0.3) is 5.91 Å². The predicted octanol–water partition coefficient (Wildman–Crippen LogP) is 3.91. The fraction of sp³-hybridized carbons (Fsp3) is 0.438. The van der Waals surface area contributed by atoms with Crippen LogP contribution in [0.5, 0.6) is 0 Å². The first-order valence-electron chi connectivity index (χ1n) is 7.58. The maximum absolute atomic E-state index is 12.5. The van der Waals surface area contributed by atoms with E-state index in [1.54, 1.807) is 6.20 Å². The molecule has 3 rings (SSSR count). The van der Waals surface area contributed by atoms with Crippen LogP contribution in [0.15, 0.2) is 27.3 Å². The zero-order valence-corrected chi connectivity index (χ0v) is 15.6. The van der Waals surface area contributed by atoms with Gasteiger partial charge in [0.1, 0.15) is 0 Å². The van der Waals surface area contributed by atoms with E-state index in [1.807, 2.05) is 12.1 Å². The zero-order valence-electron chi connectivity index (χ0n) is 12.5. The molecular formula is C16H19Br2N3O. The number of halogens is 2. The van der Waals surface area contributed by atoms with Crippen LogP contribution in [0.3, 0.4) is 0 Å². The first kappa shape index (κ1) is 16.0. The fourth-order valence-corrected chi connectivity index (χ4v) is 3.84. The summed E-state index contributed by atoms with van der Waals surface area (Å²) in [4.78, 5) is 18.1. The van der Waals surface area contributed by atoms with Gasteiger partial charge in [-0.2, -0.15) is 0 Å². The number of benzene rings is 1. The zero-order chi connectivity index (χ0) is 15.7. The summed E-state index contributed by atoms with van der Waals surface area (Å²) < 4.78 is 1.92. The molecule has 1 amide bonds. The van der Waals surface area contributed by atoms with Gasteiger partial charge < -0.3 is 10.3 Å². The van der Waals surface area contributed by atoms with E-state index in [1.165, 1.54) is 12.8 Å².